The first-order valence-electron chi connectivity index (χ1n) is 11.9. The summed E-state index contributed by atoms with van der Waals surface area (Å²) in [5.41, 5.74) is 0.829. The first kappa shape index (κ1) is 26.7. The SMILES string of the molecule is CCCCCCCCCCCCCC(=O)NCC(=O)N[C@@H](Cc1ccccc1)C(=O)O. The number of amides is 2. The fraction of sp³-hybridized carbons (Fsp3) is 0.640. The molecule has 174 valence electrons. The quantitative estimate of drug-likeness (QED) is 0.295. The fourth-order valence-electron chi connectivity index (χ4n) is 3.51. The summed E-state index contributed by atoms with van der Waals surface area (Å²) in [6.07, 6.45) is 14.0. The second-order valence-corrected chi connectivity index (χ2v) is 8.21. The van der Waals surface area contributed by atoms with Gasteiger partial charge in [-0.3, -0.25) is 9.59 Å². The lowest BCUT2D eigenvalue weighted by Gasteiger charge is -2.15. The van der Waals surface area contributed by atoms with E-state index in [9.17, 15) is 19.5 Å². The molecule has 1 rings (SSSR count). The third-order valence-corrected chi connectivity index (χ3v) is 5.37. The second-order valence-electron chi connectivity index (χ2n) is 8.21. The molecule has 1 atom stereocenters. The molecule has 0 aromatic heterocycles. The summed E-state index contributed by atoms with van der Waals surface area (Å²) in [7, 11) is 0. The number of rotatable bonds is 18. The number of nitrogens with one attached hydrogen (secondary N) is 2. The average molecular weight is 433 g/mol. The van der Waals surface area contributed by atoms with E-state index >= 15 is 0 Å². The Labute approximate surface area is 187 Å². The monoisotopic (exact) mass is 432 g/mol. The minimum Gasteiger partial charge on any atom is -0.480 e. The summed E-state index contributed by atoms with van der Waals surface area (Å²) in [6.45, 7) is 2.03. The van der Waals surface area contributed by atoms with Crippen LogP contribution in [-0.2, 0) is 20.8 Å². The smallest absolute Gasteiger partial charge is 0.326 e. The lowest BCUT2D eigenvalue weighted by molar-refractivity contribution is -0.141. The average Bonchev–Trinajstić information content (AvgIpc) is 2.76. The molecule has 0 spiro atoms. The maximum Gasteiger partial charge on any atom is 0.326 e. The number of unbranched alkanes of at least 4 members (excludes halogenated alkanes) is 10. The Morgan fingerprint density at radius 3 is 1.90 bits per heavy atom. The van der Waals surface area contributed by atoms with Gasteiger partial charge in [-0.2, -0.15) is 0 Å². The molecule has 0 fully saturated rings. The first-order chi connectivity index (χ1) is 15.0. The van der Waals surface area contributed by atoms with Crippen LogP contribution in [0.15, 0.2) is 30.3 Å². The van der Waals surface area contributed by atoms with E-state index in [0.717, 1.165) is 24.8 Å². The van der Waals surface area contributed by atoms with Crippen LogP contribution in [0.1, 0.15) is 89.5 Å². The summed E-state index contributed by atoms with van der Waals surface area (Å²) in [4.78, 5) is 35.3. The van der Waals surface area contributed by atoms with Crippen molar-refractivity contribution in [1.82, 2.24) is 10.6 Å². The number of carboxylic acids is 1. The molecular formula is C25H40N2O4. The van der Waals surface area contributed by atoms with E-state index in [0.29, 0.717) is 6.42 Å². The van der Waals surface area contributed by atoms with Gasteiger partial charge in [0.25, 0.3) is 0 Å². The van der Waals surface area contributed by atoms with E-state index in [1.165, 1.54) is 51.4 Å². The minimum atomic E-state index is -1.09. The van der Waals surface area contributed by atoms with Crippen LogP contribution in [0.5, 0.6) is 0 Å². The van der Waals surface area contributed by atoms with Crippen LogP contribution < -0.4 is 10.6 Å². The molecule has 2 amide bonds. The van der Waals surface area contributed by atoms with Crippen LogP contribution in [0, 0.1) is 0 Å². The molecule has 31 heavy (non-hydrogen) atoms. The molecule has 0 aliphatic heterocycles. The number of hydrogen-bond donors (Lipinski definition) is 3. The van der Waals surface area contributed by atoms with Gasteiger partial charge >= 0.3 is 5.97 Å². The van der Waals surface area contributed by atoms with Crippen molar-refractivity contribution < 1.29 is 19.5 Å². The molecule has 0 saturated carbocycles. The highest BCUT2D eigenvalue weighted by Crippen LogP contribution is 2.11. The Morgan fingerprint density at radius 1 is 0.806 bits per heavy atom. The predicted molar refractivity (Wildman–Crippen MR) is 124 cm³/mol. The van der Waals surface area contributed by atoms with E-state index in [1.807, 2.05) is 30.3 Å². The van der Waals surface area contributed by atoms with Crippen molar-refractivity contribution in [3.8, 4) is 0 Å². The van der Waals surface area contributed by atoms with Gasteiger partial charge in [0.2, 0.25) is 11.8 Å². The highest BCUT2D eigenvalue weighted by Gasteiger charge is 2.20. The lowest BCUT2D eigenvalue weighted by atomic mass is 10.1. The lowest BCUT2D eigenvalue weighted by Crippen LogP contribution is -2.46. The zero-order valence-corrected chi connectivity index (χ0v) is 19.0. The van der Waals surface area contributed by atoms with Gasteiger partial charge in [-0.05, 0) is 12.0 Å². The summed E-state index contributed by atoms with van der Waals surface area (Å²) in [5, 5.41) is 14.4. The van der Waals surface area contributed by atoms with E-state index < -0.39 is 17.9 Å². The second kappa shape index (κ2) is 17.3. The number of benzene rings is 1. The molecule has 0 aliphatic carbocycles. The van der Waals surface area contributed by atoms with Crippen LogP contribution in [0.2, 0.25) is 0 Å². The molecular weight excluding hydrogens is 392 g/mol. The summed E-state index contributed by atoms with van der Waals surface area (Å²) in [6, 6.07) is 8.12. The molecule has 3 N–H and O–H groups in total. The topological polar surface area (TPSA) is 95.5 Å². The summed E-state index contributed by atoms with van der Waals surface area (Å²) < 4.78 is 0. The molecule has 0 aliphatic rings. The zero-order valence-electron chi connectivity index (χ0n) is 19.0. The largest absolute Gasteiger partial charge is 0.480 e. The maximum absolute atomic E-state index is 12.0. The van der Waals surface area contributed by atoms with E-state index in [2.05, 4.69) is 17.6 Å². The van der Waals surface area contributed by atoms with Crippen molar-refractivity contribution >= 4 is 17.8 Å². The third kappa shape index (κ3) is 14.3. The van der Waals surface area contributed by atoms with Crippen LogP contribution >= 0.6 is 0 Å². The third-order valence-electron chi connectivity index (χ3n) is 5.37. The molecule has 1 aromatic carbocycles. The Hall–Kier alpha value is -2.37. The van der Waals surface area contributed by atoms with E-state index in [1.54, 1.807) is 0 Å². The van der Waals surface area contributed by atoms with E-state index in [-0.39, 0.29) is 18.9 Å². The molecule has 0 radical (unpaired) electrons. The number of hydrogen-bond acceptors (Lipinski definition) is 3. The molecule has 0 heterocycles. The van der Waals surface area contributed by atoms with Crippen molar-refractivity contribution in [2.24, 2.45) is 0 Å². The predicted octanol–water partition coefficient (Wildman–Crippen LogP) is 4.62. The summed E-state index contributed by atoms with van der Waals surface area (Å²) in [5.74, 6) is -1.75. The highest BCUT2D eigenvalue weighted by molar-refractivity contribution is 5.87. The van der Waals surface area contributed by atoms with Crippen LogP contribution in [0.4, 0.5) is 0 Å². The Bertz CT molecular complexity index is 634. The van der Waals surface area contributed by atoms with Gasteiger partial charge in [-0.15, -0.1) is 0 Å². The fourth-order valence-corrected chi connectivity index (χ4v) is 3.51. The van der Waals surface area contributed by atoms with Crippen LogP contribution in [0.25, 0.3) is 0 Å². The van der Waals surface area contributed by atoms with Crippen LogP contribution in [-0.4, -0.2) is 35.5 Å². The number of carbonyl (C=O) groups is 3. The van der Waals surface area contributed by atoms with Gasteiger partial charge in [-0.1, -0.05) is 101 Å². The number of carbonyl (C=O) groups excluding carboxylic acids is 2. The Kier molecular flexibility index (Phi) is 14.9. The maximum atomic E-state index is 12.0. The standard InChI is InChI=1S/C25H40N2O4/c1-2-3-4-5-6-7-8-9-10-11-15-18-23(28)26-20-24(29)27-22(25(30)31)19-21-16-13-12-14-17-21/h12-14,16-17,22H,2-11,15,18-20H2,1H3,(H,26,28)(H,27,29)(H,30,31)/t22-/m0/s1. The van der Waals surface area contributed by atoms with Crippen molar-refractivity contribution in [1.29, 1.82) is 0 Å². The summed E-state index contributed by atoms with van der Waals surface area (Å²) >= 11 is 0. The molecule has 0 bridgehead atoms. The number of carboxylic acid groups (broad SMARTS) is 1. The molecule has 0 unspecified atom stereocenters. The molecule has 1 aromatic rings. The zero-order chi connectivity index (χ0) is 22.7. The number of aliphatic carboxylic acids is 1. The van der Waals surface area contributed by atoms with Crippen LogP contribution in [0.3, 0.4) is 0 Å². The molecule has 6 nitrogen and oxygen atoms in total. The molecule has 6 heteroatoms. The van der Waals surface area contributed by atoms with Gasteiger partial charge in [0.15, 0.2) is 0 Å². The Balaban J connectivity index is 2.07. The minimum absolute atomic E-state index is 0.166. The normalized spacial score (nSPS) is 11.6. The van der Waals surface area contributed by atoms with Gasteiger partial charge in [0, 0.05) is 12.8 Å². The van der Waals surface area contributed by atoms with Gasteiger partial charge in [0.05, 0.1) is 6.54 Å². The van der Waals surface area contributed by atoms with Crippen molar-refractivity contribution in [3.63, 3.8) is 0 Å². The van der Waals surface area contributed by atoms with Crippen molar-refractivity contribution in [3.05, 3.63) is 35.9 Å². The van der Waals surface area contributed by atoms with Gasteiger partial charge < -0.3 is 15.7 Å². The highest BCUT2D eigenvalue weighted by atomic mass is 16.4. The van der Waals surface area contributed by atoms with Crippen molar-refractivity contribution in [2.75, 3.05) is 6.54 Å². The molecule has 0 saturated heterocycles. The van der Waals surface area contributed by atoms with Gasteiger partial charge in [0.1, 0.15) is 6.04 Å². The first-order valence-corrected chi connectivity index (χ1v) is 11.9. The van der Waals surface area contributed by atoms with Crippen molar-refractivity contribution in [2.45, 2.75) is 96.4 Å². The van der Waals surface area contributed by atoms with Gasteiger partial charge in [-0.25, -0.2) is 4.79 Å². The Morgan fingerprint density at radius 2 is 1.35 bits per heavy atom. The van der Waals surface area contributed by atoms with E-state index in [4.69, 9.17) is 0 Å².